The number of phenols is 2. The Balaban J connectivity index is 0.00000180. The molecule has 0 amide bonds. The minimum absolute atomic E-state index is 0. The monoisotopic (exact) mass is 354 g/mol. The zero-order chi connectivity index (χ0) is 12.8. The van der Waals surface area contributed by atoms with Gasteiger partial charge in [0, 0.05) is 39.7 Å². The van der Waals surface area contributed by atoms with Crippen molar-refractivity contribution in [3.8, 4) is 11.5 Å². The predicted molar refractivity (Wildman–Crippen MR) is 72.5 cm³/mol. The van der Waals surface area contributed by atoms with Crippen LogP contribution in [0.1, 0.15) is 0 Å². The molecular formula is C14H12CdN2O2. The largest absolute Gasteiger partial charge is 0.506 e. The minimum Gasteiger partial charge on any atom is -0.506 e. The molecule has 0 unspecified atom stereocenters. The first-order chi connectivity index (χ1) is 8.77. The quantitative estimate of drug-likeness (QED) is 0.658. The molecule has 0 radical (unpaired) electrons. The Kier molecular flexibility index (Phi) is 6.20. The molecule has 4 nitrogen and oxygen atoms in total. The molecule has 0 saturated heterocycles. The SMILES string of the molecule is Oc1ccccc1N=CC=Nc1ccccc1O.[Cd]. The van der Waals surface area contributed by atoms with E-state index in [2.05, 4.69) is 9.98 Å². The Morgan fingerprint density at radius 1 is 0.684 bits per heavy atom. The van der Waals surface area contributed by atoms with Gasteiger partial charge >= 0.3 is 0 Å². The number of aromatic hydroxyl groups is 2. The third kappa shape index (κ3) is 4.47. The Morgan fingerprint density at radius 3 is 1.42 bits per heavy atom. The van der Waals surface area contributed by atoms with Crippen molar-refractivity contribution in [1.29, 1.82) is 0 Å². The van der Waals surface area contributed by atoms with Crippen LogP contribution in [0, 0.1) is 0 Å². The van der Waals surface area contributed by atoms with Crippen LogP contribution in [0.4, 0.5) is 11.4 Å². The van der Waals surface area contributed by atoms with Gasteiger partial charge in [0.05, 0.1) is 0 Å². The number of nitrogens with zero attached hydrogens (tertiary/aromatic N) is 2. The summed E-state index contributed by atoms with van der Waals surface area (Å²) in [5, 5.41) is 18.9. The van der Waals surface area contributed by atoms with Gasteiger partial charge in [-0.1, -0.05) is 24.3 Å². The smallest absolute Gasteiger partial charge is 0.141 e. The summed E-state index contributed by atoms with van der Waals surface area (Å²) < 4.78 is 0. The molecule has 2 N–H and O–H groups in total. The van der Waals surface area contributed by atoms with Crippen LogP contribution in [0.3, 0.4) is 0 Å². The molecule has 0 heterocycles. The number of para-hydroxylation sites is 4. The van der Waals surface area contributed by atoms with Crippen molar-refractivity contribution >= 4 is 23.8 Å². The fraction of sp³-hybridized carbons (Fsp3) is 0. The van der Waals surface area contributed by atoms with E-state index in [1.165, 1.54) is 12.4 Å². The zero-order valence-corrected chi connectivity index (χ0v) is 14.3. The van der Waals surface area contributed by atoms with Crippen molar-refractivity contribution in [2.75, 3.05) is 0 Å². The maximum atomic E-state index is 9.47. The molecule has 0 aliphatic rings. The number of phenolic OH excluding ortho intramolecular Hbond substituents is 2. The van der Waals surface area contributed by atoms with Crippen LogP contribution in [-0.2, 0) is 27.3 Å². The van der Waals surface area contributed by atoms with Crippen molar-refractivity contribution in [3.05, 3.63) is 48.5 Å². The summed E-state index contributed by atoms with van der Waals surface area (Å²) in [4.78, 5) is 8.09. The van der Waals surface area contributed by atoms with Gasteiger partial charge in [-0.2, -0.15) is 0 Å². The van der Waals surface area contributed by atoms with Gasteiger partial charge in [0.25, 0.3) is 0 Å². The van der Waals surface area contributed by atoms with E-state index in [1.807, 2.05) is 0 Å². The number of rotatable bonds is 3. The van der Waals surface area contributed by atoms with Gasteiger partial charge in [-0.3, -0.25) is 9.98 Å². The van der Waals surface area contributed by atoms with Crippen LogP contribution in [0.5, 0.6) is 11.5 Å². The second kappa shape index (κ2) is 7.67. The zero-order valence-electron chi connectivity index (χ0n) is 10.3. The van der Waals surface area contributed by atoms with Crippen molar-refractivity contribution in [2.45, 2.75) is 0 Å². The van der Waals surface area contributed by atoms with Crippen LogP contribution >= 0.6 is 0 Å². The van der Waals surface area contributed by atoms with E-state index in [4.69, 9.17) is 0 Å². The number of hydrogen-bond donors (Lipinski definition) is 2. The molecule has 19 heavy (non-hydrogen) atoms. The van der Waals surface area contributed by atoms with Crippen LogP contribution in [0.2, 0.25) is 0 Å². The number of benzene rings is 2. The molecule has 2 aromatic carbocycles. The number of hydrogen-bond acceptors (Lipinski definition) is 4. The standard InChI is InChI=1S/C14H12N2O2.Cd/c17-13-7-3-1-5-11(13)15-9-10-16-12-6-2-4-8-14(12)18;/h1-10,17-18H;. The maximum absolute atomic E-state index is 9.47. The van der Waals surface area contributed by atoms with Gasteiger partial charge in [-0.15, -0.1) is 0 Å². The summed E-state index contributed by atoms with van der Waals surface area (Å²) in [6.07, 6.45) is 2.92. The Morgan fingerprint density at radius 2 is 1.05 bits per heavy atom. The fourth-order valence-electron chi connectivity index (χ4n) is 1.37. The summed E-state index contributed by atoms with van der Waals surface area (Å²) in [6, 6.07) is 13.5. The second-order valence-electron chi connectivity index (χ2n) is 3.53. The van der Waals surface area contributed by atoms with Gasteiger partial charge in [-0.25, -0.2) is 0 Å². The van der Waals surface area contributed by atoms with Crippen molar-refractivity contribution in [1.82, 2.24) is 0 Å². The van der Waals surface area contributed by atoms with Crippen molar-refractivity contribution < 1.29 is 37.5 Å². The molecule has 2 aromatic rings. The molecule has 5 heteroatoms. The minimum atomic E-state index is 0. The van der Waals surface area contributed by atoms with Gasteiger partial charge in [-0.05, 0) is 24.3 Å². The van der Waals surface area contributed by atoms with E-state index in [0.717, 1.165) is 0 Å². The molecule has 0 atom stereocenters. The fourth-order valence-corrected chi connectivity index (χ4v) is 1.37. The number of aliphatic imine (C=N–C) groups is 2. The Labute approximate surface area is 131 Å². The molecular weight excluding hydrogens is 341 g/mol. The van der Waals surface area contributed by atoms with Gasteiger partial charge < -0.3 is 10.2 Å². The second-order valence-corrected chi connectivity index (χ2v) is 3.53. The van der Waals surface area contributed by atoms with E-state index >= 15 is 0 Å². The van der Waals surface area contributed by atoms with Crippen LogP contribution < -0.4 is 0 Å². The van der Waals surface area contributed by atoms with Crippen LogP contribution in [0.15, 0.2) is 58.5 Å². The van der Waals surface area contributed by atoms with E-state index in [-0.39, 0.29) is 38.8 Å². The molecule has 0 aromatic heterocycles. The topological polar surface area (TPSA) is 65.2 Å². The van der Waals surface area contributed by atoms with Crippen molar-refractivity contribution in [3.63, 3.8) is 0 Å². The van der Waals surface area contributed by atoms with Gasteiger partial charge in [0.2, 0.25) is 0 Å². The molecule has 0 bridgehead atoms. The van der Waals surface area contributed by atoms with E-state index in [0.29, 0.717) is 11.4 Å². The van der Waals surface area contributed by atoms with E-state index in [9.17, 15) is 10.2 Å². The summed E-state index contributed by atoms with van der Waals surface area (Å²) in [7, 11) is 0. The third-order valence-electron chi connectivity index (χ3n) is 2.26. The van der Waals surface area contributed by atoms with Gasteiger partial charge in [0.15, 0.2) is 0 Å². The average Bonchev–Trinajstić information content (AvgIpc) is 2.38. The van der Waals surface area contributed by atoms with E-state index < -0.39 is 0 Å². The first-order valence-electron chi connectivity index (χ1n) is 5.40. The Bertz CT molecular complexity index is 544. The predicted octanol–water partition coefficient (Wildman–Crippen LogP) is 3.20. The molecule has 0 saturated carbocycles. The molecule has 0 spiro atoms. The average molecular weight is 353 g/mol. The van der Waals surface area contributed by atoms with Gasteiger partial charge in [0.1, 0.15) is 22.9 Å². The molecule has 2 rings (SSSR count). The molecule has 0 fully saturated rings. The Hall–Kier alpha value is -1.70. The summed E-state index contributed by atoms with van der Waals surface area (Å²) in [5.74, 6) is 0.231. The summed E-state index contributed by atoms with van der Waals surface area (Å²) >= 11 is 0. The van der Waals surface area contributed by atoms with Crippen LogP contribution in [-0.4, -0.2) is 22.6 Å². The normalized spacial score (nSPS) is 10.7. The van der Waals surface area contributed by atoms with Crippen LogP contribution in [0.25, 0.3) is 0 Å². The molecule has 0 aliphatic carbocycles. The first kappa shape index (κ1) is 15.4. The van der Waals surface area contributed by atoms with E-state index in [1.54, 1.807) is 48.5 Å². The summed E-state index contributed by atoms with van der Waals surface area (Å²) in [6.45, 7) is 0. The molecule has 92 valence electrons. The molecule has 0 aliphatic heterocycles. The van der Waals surface area contributed by atoms with Crippen molar-refractivity contribution in [2.24, 2.45) is 9.98 Å². The third-order valence-corrected chi connectivity index (χ3v) is 2.26. The maximum Gasteiger partial charge on any atom is 0.141 e. The first-order valence-corrected chi connectivity index (χ1v) is 5.40. The summed E-state index contributed by atoms with van der Waals surface area (Å²) in [5.41, 5.74) is 0.947.